The highest BCUT2D eigenvalue weighted by Crippen LogP contribution is 2.20. The SMILES string of the molecule is C#CCC(=O)c1cc(F)c(Cl)cc1F. The average Bonchev–Trinajstić information content (AvgIpc) is 2.11. The van der Waals surface area contributed by atoms with Gasteiger partial charge in [0.25, 0.3) is 0 Å². The molecule has 0 spiro atoms. The van der Waals surface area contributed by atoms with Crippen molar-refractivity contribution in [2.45, 2.75) is 6.42 Å². The Bertz CT molecular complexity index is 421. The number of carbonyl (C=O) groups excluding carboxylic acids is 1. The maximum atomic E-state index is 13.1. The summed E-state index contributed by atoms with van der Waals surface area (Å²) < 4.78 is 25.9. The second kappa shape index (κ2) is 4.21. The molecule has 0 aliphatic rings. The Morgan fingerprint density at radius 3 is 2.64 bits per heavy atom. The van der Waals surface area contributed by atoms with Gasteiger partial charge in [0.05, 0.1) is 17.0 Å². The van der Waals surface area contributed by atoms with Crippen LogP contribution in [0.3, 0.4) is 0 Å². The fraction of sp³-hybridized carbons (Fsp3) is 0.100. The first-order valence-electron chi connectivity index (χ1n) is 3.67. The van der Waals surface area contributed by atoms with Crippen LogP contribution in [0, 0.1) is 24.0 Å². The third-order valence-corrected chi connectivity index (χ3v) is 1.86. The van der Waals surface area contributed by atoms with Crippen molar-refractivity contribution >= 4 is 17.4 Å². The van der Waals surface area contributed by atoms with Gasteiger partial charge in [0.15, 0.2) is 5.78 Å². The number of carbonyl (C=O) groups is 1. The summed E-state index contributed by atoms with van der Waals surface area (Å²) in [7, 11) is 0. The number of ketones is 1. The van der Waals surface area contributed by atoms with E-state index >= 15 is 0 Å². The fourth-order valence-corrected chi connectivity index (χ4v) is 1.07. The van der Waals surface area contributed by atoms with E-state index in [1.807, 2.05) is 0 Å². The van der Waals surface area contributed by atoms with Crippen molar-refractivity contribution < 1.29 is 13.6 Å². The number of halogens is 3. The lowest BCUT2D eigenvalue weighted by Gasteiger charge is -2.01. The fourth-order valence-electron chi connectivity index (χ4n) is 0.924. The molecule has 1 nitrogen and oxygen atoms in total. The maximum Gasteiger partial charge on any atom is 0.177 e. The Kier molecular flexibility index (Phi) is 3.21. The van der Waals surface area contributed by atoms with Gasteiger partial charge in [0.1, 0.15) is 11.6 Å². The topological polar surface area (TPSA) is 17.1 Å². The zero-order valence-corrected chi connectivity index (χ0v) is 7.74. The zero-order valence-electron chi connectivity index (χ0n) is 6.98. The Hall–Kier alpha value is -1.40. The monoisotopic (exact) mass is 214 g/mol. The van der Waals surface area contributed by atoms with Crippen LogP contribution in [0.25, 0.3) is 0 Å². The number of hydrogen-bond acceptors (Lipinski definition) is 1. The van der Waals surface area contributed by atoms with Crippen molar-refractivity contribution in [3.8, 4) is 12.3 Å². The molecule has 0 aromatic heterocycles. The third kappa shape index (κ3) is 2.09. The van der Waals surface area contributed by atoms with Crippen LogP contribution >= 0.6 is 11.6 Å². The molecule has 4 heteroatoms. The lowest BCUT2D eigenvalue weighted by molar-refractivity contribution is 0.0994. The van der Waals surface area contributed by atoms with E-state index in [1.54, 1.807) is 0 Å². The van der Waals surface area contributed by atoms with Crippen LogP contribution < -0.4 is 0 Å². The summed E-state index contributed by atoms with van der Waals surface area (Å²) in [5.41, 5.74) is -0.371. The molecule has 0 fully saturated rings. The maximum absolute atomic E-state index is 13.1. The van der Waals surface area contributed by atoms with E-state index in [2.05, 4.69) is 5.92 Å². The van der Waals surface area contributed by atoms with Crippen molar-refractivity contribution in [2.75, 3.05) is 0 Å². The lowest BCUT2D eigenvalue weighted by atomic mass is 10.1. The molecule has 0 bridgehead atoms. The molecule has 0 aliphatic heterocycles. The van der Waals surface area contributed by atoms with Crippen LogP contribution in [-0.4, -0.2) is 5.78 Å². The lowest BCUT2D eigenvalue weighted by Crippen LogP contribution is -2.02. The van der Waals surface area contributed by atoms with Gasteiger partial charge in [-0.1, -0.05) is 17.5 Å². The van der Waals surface area contributed by atoms with E-state index in [0.717, 1.165) is 12.1 Å². The first kappa shape index (κ1) is 10.7. The third-order valence-electron chi connectivity index (χ3n) is 1.57. The van der Waals surface area contributed by atoms with E-state index in [0.29, 0.717) is 0 Å². The Balaban J connectivity index is 3.17. The minimum atomic E-state index is -0.864. The van der Waals surface area contributed by atoms with Gasteiger partial charge < -0.3 is 0 Å². The Labute approximate surface area is 84.7 Å². The second-order valence-corrected chi connectivity index (χ2v) is 2.96. The number of terminal acetylenes is 1. The number of rotatable bonds is 2. The first-order valence-corrected chi connectivity index (χ1v) is 4.05. The molecule has 0 N–H and O–H groups in total. The van der Waals surface area contributed by atoms with Gasteiger partial charge in [-0.2, -0.15) is 0 Å². The molecule has 14 heavy (non-hydrogen) atoms. The van der Waals surface area contributed by atoms with Gasteiger partial charge >= 0.3 is 0 Å². The molecule has 0 saturated heterocycles. The van der Waals surface area contributed by atoms with Gasteiger partial charge in [-0.25, -0.2) is 8.78 Å². The highest BCUT2D eigenvalue weighted by atomic mass is 35.5. The summed E-state index contributed by atoms with van der Waals surface area (Å²) in [6.07, 6.45) is 4.61. The molecule has 0 unspecified atom stereocenters. The molecule has 0 amide bonds. The summed E-state index contributed by atoms with van der Waals surface area (Å²) in [5, 5.41) is -0.361. The number of benzene rings is 1. The molecule has 1 aromatic carbocycles. The molecule has 72 valence electrons. The minimum Gasteiger partial charge on any atom is -0.293 e. The predicted octanol–water partition coefficient (Wildman–Crippen LogP) is 2.82. The molecule has 0 heterocycles. The molecule has 0 saturated carbocycles. The summed E-state index contributed by atoms with van der Waals surface area (Å²) >= 11 is 5.30. The van der Waals surface area contributed by atoms with Crippen molar-refractivity contribution in [1.29, 1.82) is 0 Å². The summed E-state index contributed by atoms with van der Waals surface area (Å²) in [5.74, 6) is -0.286. The number of Topliss-reactive ketones (excluding diaryl/α,β-unsaturated/α-hetero) is 1. The molecule has 0 atom stereocenters. The van der Waals surface area contributed by atoms with E-state index in [1.165, 1.54) is 0 Å². The van der Waals surface area contributed by atoms with E-state index in [9.17, 15) is 13.6 Å². The molecule has 1 rings (SSSR count). The number of hydrogen-bond donors (Lipinski definition) is 0. The molecule has 1 aromatic rings. The van der Waals surface area contributed by atoms with Crippen molar-refractivity contribution in [3.63, 3.8) is 0 Å². The van der Waals surface area contributed by atoms with Crippen LogP contribution in [0.4, 0.5) is 8.78 Å². The smallest absolute Gasteiger partial charge is 0.177 e. The van der Waals surface area contributed by atoms with Crippen molar-refractivity contribution in [2.24, 2.45) is 0 Å². The van der Waals surface area contributed by atoms with E-state index < -0.39 is 17.4 Å². The predicted molar refractivity (Wildman–Crippen MR) is 49.1 cm³/mol. The van der Waals surface area contributed by atoms with Crippen LogP contribution in [0.1, 0.15) is 16.8 Å². The quantitative estimate of drug-likeness (QED) is 0.420. The van der Waals surface area contributed by atoms with E-state index in [-0.39, 0.29) is 17.0 Å². The van der Waals surface area contributed by atoms with Crippen LogP contribution in [0.15, 0.2) is 12.1 Å². The second-order valence-electron chi connectivity index (χ2n) is 2.55. The van der Waals surface area contributed by atoms with Gasteiger partial charge in [-0.3, -0.25) is 4.79 Å². The average molecular weight is 215 g/mol. The Morgan fingerprint density at radius 1 is 1.43 bits per heavy atom. The van der Waals surface area contributed by atoms with Gasteiger partial charge in [-0.15, -0.1) is 6.42 Å². The summed E-state index contributed by atoms with van der Waals surface area (Å²) in [6.45, 7) is 0. The Morgan fingerprint density at radius 2 is 2.07 bits per heavy atom. The van der Waals surface area contributed by atoms with Crippen LogP contribution in [0.2, 0.25) is 5.02 Å². The van der Waals surface area contributed by atoms with Crippen molar-refractivity contribution in [1.82, 2.24) is 0 Å². The first-order chi connectivity index (χ1) is 6.56. The molecular weight excluding hydrogens is 210 g/mol. The van der Waals surface area contributed by atoms with E-state index in [4.69, 9.17) is 18.0 Å². The highest BCUT2D eigenvalue weighted by molar-refractivity contribution is 6.30. The normalized spacial score (nSPS) is 9.57. The minimum absolute atomic E-state index is 0.266. The summed E-state index contributed by atoms with van der Waals surface area (Å²) in [4.78, 5) is 11.1. The zero-order chi connectivity index (χ0) is 10.7. The van der Waals surface area contributed by atoms with Gasteiger partial charge in [-0.05, 0) is 12.1 Å². The van der Waals surface area contributed by atoms with Crippen molar-refractivity contribution in [3.05, 3.63) is 34.4 Å². The molecule has 0 aliphatic carbocycles. The van der Waals surface area contributed by atoms with Gasteiger partial charge in [0.2, 0.25) is 0 Å². The summed E-state index contributed by atoms with van der Waals surface area (Å²) in [6, 6.07) is 1.50. The standard InChI is InChI=1S/C10H5ClF2O/c1-2-3-10(14)6-4-9(13)7(11)5-8(6)12/h1,4-5H,3H2. The van der Waals surface area contributed by atoms with Crippen LogP contribution in [0.5, 0.6) is 0 Å². The molecule has 0 radical (unpaired) electrons. The van der Waals surface area contributed by atoms with Crippen LogP contribution in [-0.2, 0) is 0 Å². The molecular formula is C10H5ClF2O. The van der Waals surface area contributed by atoms with Gasteiger partial charge in [0, 0.05) is 0 Å². The highest BCUT2D eigenvalue weighted by Gasteiger charge is 2.14. The largest absolute Gasteiger partial charge is 0.293 e.